The number of nitrogens with one attached hydrogen (secondary N) is 1. The molecule has 20 heavy (non-hydrogen) atoms. The van der Waals surface area contributed by atoms with E-state index in [4.69, 9.17) is 0 Å². The molecule has 0 spiro atoms. The number of aromatic hydroxyl groups is 1. The fourth-order valence-corrected chi connectivity index (χ4v) is 2.20. The average Bonchev–Trinajstić information content (AvgIpc) is 2.33. The average molecular weight is 282 g/mol. The molecule has 0 bridgehead atoms. The Bertz CT molecular complexity index is 453. The lowest BCUT2D eigenvalue weighted by Crippen LogP contribution is -2.42. The van der Waals surface area contributed by atoms with Gasteiger partial charge in [-0.2, -0.15) is 0 Å². The Labute approximate surface area is 119 Å². The number of carbonyl (C=O) groups excluding carboxylic acids is 1. The monoisotopic (exact) mass is 282 g/mol. The Morgan fingerprint density at radius 2 is 1.90 bits per heavy atom. The van der Waals surface area contributed by atoms with E-state index in [1.54, 1.807) is 0 Å². The lowest BCUT2D eigenvalue weighted by molar-refractivity contribution is 0.0936. The minimum Gasteiger partial charge on any atom is -0.507 e. The van der Waals surface area contributed by atoms with Crippen LogP contribution in [0.2, 0.25) is 0 Å². The molecular formula is C15H23FN2O2. The van der Waals surface area contributed by atoms with Crippen LogP contribution in [-0.4, -0.2) is 41.1 Å². The van der Waals surface area contributed by atoms with Crippen molar-refractivity contribution in [1.82, 2.24) is 10.2 Å². The van der Waals surface area contributed by atoms with Gasteiger partial charge >= 0.3 is 0 Å². The van der Waals surface area contributed by atoms with Gasteiger partial charge in [0, 0.05) is 31.2 Å². The van der Waals surface area contributed by atoms with Gasteiger partial charge in [-0.25, -0.2) is 4.39 Å². The van der Waals surface area contributed by atoms with Crippen LogP contribution in [0.1, 0.15) is 38.1 Å². The molecule has 1 rings (SSSR count). The fourth-order valence-electron chi connectivity index (χ4n) is 2.20. The third kappa shape index (κ3) is 4.49. The van der Waals surface area contributed by atoms with Crippen LogP contribution in [0, 0.1) is 5.82 Å². The zero-order valence-electron chi connectivity index (χ0n) is 12.5. The van der Waals surface area contributed by atoms with Crippen molar-refractivity contribution < 1.29 is 14.3 Å². The number of rotatable bonds is 6. The predicted octanol–water partition coefficient (Wildman–Crippen LogP) is 2.38. The number of amides is 1. The van der Waals surface area contributed by atoms with Gasteiger partial charge < -0.3 is 10.4 Å². The van der Waals surface area contributed by atoms with Crippen molar-refractivity contribution in [2.45, 2.75) is 39.8 Å². The number of nitrogens with zero attached hydrogens (tertiary/aromatic N) is 1. The highest BCUT2D eigenvalue weighted by molar-refractivity contribution is 5.96. The van der Waals surface area contributed by atoms with Gasteiger partial charge in [0.2, 0.25) is 0 Å². The minimum atomic E-state index is -0.565. The van der Waals surface area contributed by atoms with Gasteiger partial charge in [0.15, 0.2) is 0 Å². The zero-order valence-corrected chi connectivity index (χ0v) is 12.5. The first-order chi connectivity index (χ1) is 9.32. The highest BCUT2D eigenvalue weighted by atomic mass is 19.1. The van der Waals surface area contributed by atoms with Gasteiger partial charge in [-0.3, -0.25) is 9.69 Å². The lowest BCUT2D eigenvalue weighted by Gasteiger charge is -2.30. The summed E-state index contributed by atoms with van der Waals surface area (Å²) in [7, 11) is 0. The molecule has 2 N–H and O–H groups in total. The summed E-state index contributed by atoms with van der Waals surface area (Å²) in [6, 6.07) is 4.16. The summed E-state index contributed by atoms with van der Waals surface area (Å²) in [5.41, 5.74) is 0.0899. The molecule has 0 aliphatic heterocycles. The van der Waals surface area contributed by atoms with E-state index < -0.39 is 11.7 Å². The van der Waals surface area contributed by atoms with Gasteiger partial charge in [-0.1, -0.05) is 0 Å². The Morgan fingerprint density at radius 1 is 1.30 bits per heavy atom. The second kappa shape index (κ2) is 7.24. The topological polar surface area (TPSA) is 52.6 Å². The standard InChI is InChI=1S/C15H23FN2O2/c1-10(2)18(11(3)4)8-7-17-15(20)13-6-5-12(16)9-14(13)19/h5-6,9-11,19H,7-8H2,1-4H3,(H,17,20). The van der Waals surface area contributed by atoms with Crippen molar-refractivity contribution in [2.75, 3.05) is 13.1 Å². The van der Waals surface area contributed by atoms with E-state index in [1.165, 1.54) is 6.07 Å². The first-order valence-electron chi connectivity index (χ1n) is 6.85. The molecule has 0 aliphatic carbocycles. The van der Waals surface area contributed by atoms with Crippen LogP contribution in [0.3, 0.4) is 0 Å². The molecule has 5 heteroatoms. The summed E-state index contributed by atoms with van der Waals surface area (Å²) >= 11 is 0. The van der Waals surface area contributed by atoms with Crippen LogP contribution in [0.25, 0.3) is 0 Å². The quantitative estimate of drug-likeness (QED) is 0.842. The van der Waals surface area contributed by atoms with E-state index in [-0.39, 0.29) is 11.3 Å². The molecule has 0 fully saturated rings. The van der Waals surface area contributed by atoms with Crippen molar-refractivity contribution in [1.29, 1.82) is 0 Å². The molecule has 1 aromatic carbocycles. The van der Waals surface area contributed by atoms with E-state index in [0.717, 1.165) is 18.7 Å². The molecular weight excluding hydrogens is 259 g/mol. The summed E-state index contributed by atoms with van der Waals surface area (Å²) < 4.78 is 12.8. The van der Waals surface area contributed by atoms with Crippen molar-refractivity contribution >= 4 is 5.91 Å². The van der Waals surface area contributed by atoms with Gasteiger partial charge in [0.05, 0.1) is 5.56 Å². The predicted molar refractivity (Wildman–Crippen MR) is 77.4 cm³/mol. The number of benzene rings is 1. The Balaban J connectivity index is 2.55. The van der Waals surface area contributed by atoms with Crippen molar-refractivity contribution in [2.24, 2.45) is 0 Å². The molecule has 112 valence electrons. The molecule has 4 nitrogen and oxygen atoms in total. The Morgan fingerprint density at radius 3 is 2.40 bits per heavy atom. The van der Waals surface area contributed by atoms with E-state index >= 15 is 0 Å². The molecule has 0 atom stereocenters. The molecule has 0 aromatic heterocycles. The maximum Gasteiger partial charge on any atom is 0.255 e. The third-order valence-electron chi connectivity index (χ3n) is 3.19. The Hall–Kier alpha value is -1.62. The van der Waals surface area contributed by atoms with Crippen LogP contribution in [-0.2, 0) is 0 Å². The van der Waals surface area contributed by atoms with Crippen LogP contribution in [0.4, 0.5) is 4.39 Å². The van der Waals surface area contributed by atoms with Gasteiger partial charge in [0.25, 0.3) is 5.91 Å². The van der Waals surface area contributed by atoms with Crippen molar-refractivity contribution in [3.05, 3.63) is 29.6 Å². The lowest BCUT2D eigenvalue weighted by atomic mass is 10.2. The van der Waals surface area contributed by atoms with Crippen LogP contribution >= 0.6 is 0 Å². The smallest absolute Gasteiger partial charge is 0.255 e. The SMILES string of the molecule is CC(C)N(CCNC(=O)c1ccc(F)cc1O)C(C)C. The highest BCUT2D eigenvalue weighted by Crippen LogP contribution is 2.17. The first kappa shape index (κ1) is 16.4. The van der Waals surface area contributed by atoms with Gasteiger partial charge in [0.1, 0.15) is 11.6 Å². The molecule has 0 heterocycles. The molecule has 0 aliphatic rings. The molecule has 0 saturated carbocycles. The van der Waals surface area contributed by atoms with Gasteiger partial charge in [-0.15, -0.1) is 0 Å². The Kier molecular flexibility index (Phi) is 5.95. The summed E-state index contributed by atoms with van der Waals surface area (Å²) in [4.78, 5) is 14.1. The fraction of sp³-hybridized carbons (Fsp3) is 0.533. The second-order valence-corrected chi connectivity index (χ2v) is 5.34. The van der Waals surface area contributed by atoms with Crippen molar-refractivity contribution in [3.8, 4) is 5.75 Å². The van der Waals surface area contributed by atoms with Gasteiger partial charge in [-0.05, 0) is 39.8 Å². The second-order valence-electron chi connectivity index (χ2n) is 5.34. The summed E-state index contributed by atoms with van der Waals surface area (Å²) in [6.07, 6.45) is 0. The number of carbonyl (C=O) groups is 1. The maximum atomic E-state index is 12.8. The number of hydrogen-bond donors (Lipinski definition) is 2. The molecule has 0 saturated heterocycles. The summed E-state index contributed by atoms with van der Waals surface area (Å²) in [5, 5.41) is 12.3. The number of phenols is 1. The van der Waals surface area contributed by atoms with Crippen LogP contribution in [0.15, 0.2) is 18.2 Å². The molecule has 1 amide bonds. The van der Waals surface area contributed by atoms with E-state index in [0.29, 0.717) is 18.6 Å². The number of hydrogen-bond acceptors (Lipinski definition) is 3. The van der Waals surface area contributed by atoms with E-state index in [9.17, 15) is 14.3 Å². The van der Waals surface area contributed by atoms with Crippen molar-refractivity contribution in [3.63, 3.8) is 0 Å². The van der Waals surface area contributed by atoms with Crippen LogP contribution in [0.5, 0.6) is 5.75 Å². The number of phenolic OH excluding ortho intramolecular Hbond substituents is 1. The number of halogens is 1. The third-order valence-corrected chi connectivity index (χ3v) is 3.19. The molecule has 1 aromatic rings. The molecule has 0 radical (unpaired) electrons. The summed E-state index contributed by atoms with van der Waals surface area (Å²) in [5.74, 6) is -1.30. The largest absolute Gasteiger partial charge is 0.507 e. The maximum absolute atomic E-state index is 12.8. The van der Waals surface area contributed by atoms with E-state index in [2.05, 4.69) is 37.9 Å². The highest BCUT2D eigenvalue weighted by Gasteiger charge is 2.15. The normalized spacial score (nSPS) is 11.4. The first-order valence-corrected chi connectivity index (χ1v) is 6.85. The minimum absolute atomic E-state index is 0.0899. The summed E-state index contributed by atoms with van der Waals surface area (Å²) in [6.45, 7) is 9.62. The zero-order chi connectivity index (χ0) is 15.3. The van der Waals surface area contributed by atoms with Crippen LogP contribution < -0.4 is 5.32 Å². The van der Waals surface area contributed by atoms with E-state index in [1.807, 2.05) is 0 Å². The molecule has 0 unspecified atom stereocenters.